The van der Waals surface area contributed by atoms with Gasteiger partial charge in [-0.1, -0.05) is 19.0 Å². The second-order valence-corrected chi connectivity index (χ2v) is 6.00. The predicted octanol–water partition coefficient (Wildman–Crippen LogP) is 1.84. The third-order valence-electron chi connectivity index (χ3n) is 3.76. The van der Waals surface area contributed by atoms with E-state index in [1.165, 1.54) is 12.8 Å². The summed E-state index contributed by atoms with van der Waals surface area (Å²) in [5.74, 6) is 1.76. The minimum Gasteiger partial charge on any atom is -0.409 e. The monoisotopic (exact) mass is 279 g/mol. The van der Waals surface area contributed by atoms with Crippen LogP contribution in [0.3, 0.4) is 0 Å². The molecule has 0 saturated heterocycles. The quantitative estimate of drug-likeness (QED) is 0.360. The van der Waals surface area contributed by atoms with E-state index in [4.69, 9.17) is 10.9 Å². The minimum absolute atomic E-state index is 0.140. The van der Waals surface area contributed by atoms with Crippen LogP contribution in [0.25, 0.3) is 0 Å². The van der Waals surface area contributed by atoms with Crippen LogP contribution in [0.15, 0.2) is 5.16 Å². The van der Waals surface area contributed by atoms with E-state index < -0.39 is 0 Å². The first-order valence-corrected chi connectivity index (χ1v) is 7.23. The molecule has 0 aliphatic heterocycles. The molecule has 1 heterocycles. The molecule has 0 aromatic carbocycles. The van der Waals surface area contributed by atoms with Crippen LogP contribution in [0, 0.1) is 12.8 Å². The fraction of sp³-hybridized carbons (Fsp3) is 0.714. The summed E-state index contributed by atoms with van der Waals surface area (Å²) in [6.07, 6.45) is 3.53. The number of nitrogens with zero attached hydrogens (tertiary/aromatic N) is 4. The van der Waals surface area contributed by atoms with Gasteiger partial charge in [0.05, 0.1) is 11.3 Å². The number of aryl methyl sites for hydroxylation is 2. The standard InChI is InChI=1S/C14H25N5O/c1-9(2)7-8-19(11-5-6-11)14-12(13(15)17-20)10(3)16-18(14)4/h9,11,20H,5-8H2,1-4H3,(H2,15,17). The van der Waals surface area contributed by atoms with E-state index in [1.807, 2.05) is 18.7 Å². The van der Waals surface area contributed by atoms with E-state index in [0.717, 1.165) is 30.0 Å². The second-order valence-electron chi connectivity index (χ2n) is 6.00. The van der Waals surface area contributed by atoms with Gasteiger partial charge in [-0.05, 0) is 32.1 Å². The Balaban J connectivity index is 2.37. The molecular weight excluding hydrogens is 254 g/mol. The van der Waals surface area contributed by atoms with Crippen molar-refractivity contribution in [2.24, 2.45) is 23.9 Å². The zero-order chi connectivity index (χ0) is 14.9. The molecule has 1 saturated carbocycles. The number of oxime groups is 1. The lowest BCUT2D eigenvalue weighted by atomic mass is 10.1. The summed E-state index contributed by atoms with van der Waals surface area (Å²) < 4.78 is 1.85. The molecule has 2 rings (SSSR count). The zero-order valence-electron chi connectivity index (χ0n) is 12.8. The smallest absolute Gasteiger partial charge is 0.175 e. The van der Waals surface area contributed by atoms with Gasteiger partial charge in [0.2, 0.25) is 0 Å². The van der Waals surface area contributed by atoms with Gasteiger partial charge in [0, 0.05) is 19.6 Å². The largest absolute Gasteiger partial charge is 0.409 e. The van der Waals surface area contributed by atoms with Gasteiger partial charge in [-0.25, -0.2) is 0 Å². The highest BCUT2D eigenvalue weighted by molar-refractivity contribution is 6.02. The maximum absolute atomic E-state index is 9.01. The van der Waals surface area contributed by atoms with Crippen LogP contribution in [0.1, 0.15) is 44.4 Å². The van der Waals surface area contributed by atoms with Gasteiger partial charge in [0.25, 0.3) is 0 Å². The molecule has 0 atom stereocenters. The number of hydrogen-bond acceptors (Lipinski definition) is 4. The maximum atomic E-state index is 9.01. The van der Waals surface area contributed by atoms with Crippen LogP contribution in [-0.4, -0.2) is 33.4 Å². The number of nitrogens with two attached hydrogens (primary N) is 1. The van der Waals surface area contributed by atoms with Crippen LogP contribution in [0.2, 0.25) is 0 Å². The van der Waals surface area contributed by atoms with Crippen LogP contribution in [0.4, 0.5) is 5.82 Å². The SMILES string of the molecule is Cc1nn(C)c(N(CCC(C)C)C2CC2)c1C(N)=NO. The van der Waals surface area contributed by atoms with E-state index in [0.29, 0.717) is 12.0 Å². The lowest BCUT2D eigenvalue weighted by Crippen LogP contribution is -2.32. The molecular formula is C14H25N5O. The molecule has 1 fully saturated rings. The molecule has 3 N–H and O–H groups in total. The van der Waals surface area contributed by atoms with Gasteiger partial charge in [-0.2, -0.15) is 5.10 Å². The number of hydrogen-bond donors (Lipinski definition) is 2. The average molecular weight is 279 g/mol. The number of aromatic nitrogens is 2. The van der Waals surface area contributed by atoms with E-state index in [9.17, 15) is 0 Å². The Labute approximate surface area is 120 Å². The summed E-state index contributed by atoms with van der Waals surface area (Å²) in [7, 11) is 1.92. The molecule has 0 radical (unpaired) electrons. The Morgan fingerprint density at radius 1 is 1.55 bits per heavy atom. The highest BCUT2D eigenvalue weighted by atomic mass is 16.4. The van der Waals surface area contributed by atoms with Crippen LogP contribution < -0.4 is 10.6 Å². The summed E-state index contributed by atoms with van der Waals surface area (Å²) in [4.78, 5) is 2.37. The zero-order valence-corrected chi connectivity index (χ0v) is 12.8. The third kappa shape index (κ3) is 2.89. The molecule has 20 heavy (non-hydrogen) atoms. The third-order valence-corrected chi connectivity index (χ3v) is 3.76. The van der Waals surface area contributed by atoms with E-state index in [-0.39, 0.29) is 5.84 Å². The van der Waals surface area contributed by atoms with Crippen molar-refractivity contribution in [1.82, 2.24) is 9.78 Å². The molecule has 0 amide bonds. The van der Waals surface area contributed by atoms with Crippen molar-refractivity contribution in [3.63, 3.8) is 0 Å². The molecule has 1 aliphatic rings. The number of amidine groups is 1. The van der Waals surface area contributed by atoms with Crippen LogP contribution in [-0.2, 0) is 7.05 Å². The van der Waals surface area contributed by atoms with Gasteiger partial charge < -0.3 is 15.8 Å². The summed E-state index contributed by atoms with van der Waals surface area (Å²) in [6, 6.07) is 0.564. The van der Waals surface area contributed by atoms with Crippen molar-refractivity contribution in [1.29, 1.82) is 0 Å². The molecule has 6 heteroatoms. The van der Waals surface area contributed by atoms with Crippen LogP contribution >= 0.6 is 0 Å². The summed E-state index contributed by atoms with van der Waals surface area (Å²) in [6.45, 7) is 7.32. The lowest BCUT2D eigenvalue weighted by Gasteiger charge is -2.26. The van der Waals surface area contributed by atoms with Crippen molar-refractivity contribution in [3.8, 4) is 0 Å². The number of anilines is 1. The van der Waals surface area contributed by atoms with Crippen LogP contribution in [0.5, 0.6) is 0 Å². The molecule has 0 spiro atoms. The summed E-state index contributed by atoms with van der Waals surface area (Å²) in [5, 5.41) is 16.6. The Morgan fingerprint density at radius 2 is 2.20 bits per heavy atom. The van der Waals surface area contributed by atoms with Crippen molar-refractivity contribution in [3.05, 3.63) is 11.3 Å². The van der Waals surface area contributed by atoms with Gasteiger partial charge in [0.1, 0.15) is 5.82 Å². The summed E-state index contributed by atoms with van der Waals surface area (Å²) >= 11 is 0. The van der Waals surface area contributed by atoms with E-state index >= 15 is 0 Å². The molecule has 6 nitrogen and oxygen atoms in total. The van der Waals surface area contributed by atoms with Crippen molar-refractivity contribution < 1.29 is 5.21 Å². The average Bonchev–Trinajstić information content (AvgIpc) is 3.16. The van der Waals surface area contributed by atoms with Gasteiger partial charge in [-0.3, -0.25) is 4.68 Å². The molecule has 1 aromatic rings. The van der Waals surface area contributed by atoms with E-state index in [2.05, 4.69) is 29.0 Å². The Hall–Kier alpha value is -1.72. The first-order valence-electron chi connectivity index (χ1n) is 7.23. The maximum Gasteiger partial charge on any atom is 0.175 e. The Bertz CT molecular complexity index is 502. The molecule has 1 aliphatic carbocycles. The minimum atomic E-state index is 0.140. The van der Waals surface area contributed by atoms with Gasteiger partial charge in [0.15, 0.2) is 5.84 Å². The van der Waals surface area contributed by atoms with Crippen molar-refractivity contribution in [2.75, 3.05) is 11.4 Å². The van der Waals surface area contributed by atoms with Gasteiger partial charge >= 0.3 is 0 Å². The Morgan fingerprint density at radius 3 is 2.70 bits per heavy atom. The molecule has 112 valence electrons. The van der Waals surface area contributed by atoms with E-state index in [1.54, 1.807) is 0 Å². The normalized spacial score (nSPS) is 15.9. The molecule has 0 bridgehead atoms. The second kappa shape index (κ2) is 5.73. The topological polar surface area (TPSA) is 79.7 Å². The first kappa shape index (κ1) is 14.7. The van der Waals surface area contributed by atoms with Crippen molar-refractivity contribution >= 4 is 11.7 Å². The fourth-order valence-electron chi connectivity index (χ4n) is 2.57. The number of rotatable bonds is 6. The first-order chi connectivity index (χ1) is 9.45. The Kier molecular flexibility index (Phi) is 4.20. The highest BCUT2D eigenvalue weighted by Gasteiger charge is 2.33. The highest BCUT2D eigenvalue weighted by Crippen LogP contribution is 2.34. The molecule has 0 unspecified atom stereocenters. The molecule has 1 aromatic heterocycles. The fourth-order valence-corrected chi connectivity index (χ4v) is 2.57. The lowest BCUT2D eigenvalue weighted by molar-refractivity contribution is 0.318. The van der Waals surface area contributed by atoms with Crippen molar-refractivity contribution in [2.45, 2.75) is 46.1 Å². The summed E-state index contributed by atoms with van der Waals surface area (Å²) in [5.41, 5.74) is 7.40. The van der Waals surface area contributed by atoms with Gasteiger partial charge in [-0.15, -0.1) is 0 Å². The predicted molar refractivity (Wildman–Crippen MR) is 80.3 cm³/mol.